The van der Waals surface area contributed by atoms with Crippen LogP contribution in [0, 0.1) is 0 Å². The Balaban J connectivity index is 2.36. The van der Waals surface area contributed by atoms with Crippen molar-refractivity contribution < 1.29 is 14.4 Å². The van der Waals surface area contributed by atoms with E-state index in [2.05, 4.69) is 0 Å². The molecule has 18 heavy (non-hydrogen) atoms. The minimum Gasteiger partial charge on any atom is -0.298 e. The highest BCUT2D eigenvalue weighted by atomic mass is 35.5. The zero-order chi connectivity index (χ0) is 13.3. The van der Waals surface area contributed by atoms with Gasteiger partial charge in [-0.3, -0.25) is 19.3 Å². The summed E-state index contributed by atoms with van der Waals surface area (Å²) in [4.78, 5) is 36.4. The van der Waals surface area contributed by atoms with Crippen LogP contribution in [0.25, 0.3) is 0 Å². The summed E-state index contributed by atoms with van der Waals surface area (Å²) < 4.78 is 0. The number of para-hydroxylation sites is 1. The summed E-state index contributed by atoms with van der Waals surface area (Å²) in [5, 5.41) is 0.316. The Morgan fingerprint density at radius 1 is 1.33 bits per heavy atom. The average molecular weight is 266 g/mol. The second kappa shape index (κ2) is 4.90. The van der Waals surface area contributed by atoms with Crippen molar-refractivity contribution in [3.05, 3.63) is 28.8 Å². The first-order chi connectivity index (χ1) is 8.56. The van der Waals surface area contributed by atoms with Crippen molar-refractivity contribution in [1.29, 1.82) is 0 Å². The number of hydrogen-bond acceptors (Lipinski definition) is 3. The third-order valence-electron chi connectivity index (χ3n) is 2.80. The van der Waals surface area contributed by atoms with Crippen LogP contribution < -0.4 is 4.90 Å². The summed E-state index contributed by atoms with van der Waals surface area (Å²) in [5.41, 5.74) is 0.635. The molecule has 1 aliphatic heterocycles. The van der Waals surface area contributed by atoms with Crippen molar-refractivity contribution in [2.24, 2.45) is 0 Å². The van der Waals surface area contributed by atoms with E-state index in [4.69, 9.17) is 11.6 Å². The molecular weight excluding hydrogens is 254 g/mol. The van der Waals surface area contributed by atoms with Gasteiger partial charge in [0.15, 0.2) is 5.78 Å². The van der Waals surface area contributed by atoms with Gasteiger partial charge in [0.1, 0.15) is 0 Å². The molecule has 0 aliphatic carbocycles. The Morgan fingerprint density at radius 3 is 2.72 bits per heavy atom. The minimum absolute atomic E-state index is 0.0774. The fourth-order valence-corrected chi connectivity index (χ4v) is 2.27. The van der Waals surface area contributed by atoms with Crippen molar-refractivity contribution in [2.75, 3.05) is 11.4 Å². The number of rotatable bonds is 4. The number of anilines is 1. The Kier molecular flexibility index (Phi) is 3.48. The molecule has 4 nitrogen and oxygen atoms in total. The van der Waals surface area contributed by atoms with Crippen molar-refractivity contribution in [1.82, 2.24) is 0 Å². The number of nitrogens with zero attached hydrogens (tertiary/aromatic N) is 1. The van der Waals surface area contributed by atoms with E-state index < -0.39 is 11.7 Å². The second-order valence-electron chi connectivity index (χ2n) is 4.15. The van der Waals surface area contributed by atoms with E-state index in [1.165, 1.54) is 4.90 Å². The molecule has 0 spiro atoms. The highest BCUT2D eigenvalue weighted by Crippen LogP contribution is 2.35. The lowest BCUT2D eigenvalue weighted by molar-refractivity contribution is -0.120. The van der Waals surface area contributed by atoms with E-state index in [0.29, 0.717) is 23.6 Å². The third-order valence-corrected chi connectivity index (χ3v) is 3.11. The Hall–Kier alpha value is -1.68. The molecule has 2 rings (SSSR count). The molecule has 1 amide bonds. The van der Waals surface area contributed by atoms with Crippen molar-refractivity contribution in [3.63, 3.8) is 0 Å². The predicted molar refractivity (Wildman–Crippen MR) is 68.1 cm³/mol. The van der Waals surface area contributed by atoms with Crippen LogP contribution in [-0.4, -0.2) is 24.0 Å². The molecule has 1 aliphatic rings. The quantitative estimate of drug-likeness (QED) is 0.785. The van der Waals surface area contributed by atoms with Gasteiger partial charge in [-0.2, -0.15) is 0 Å². The first kappa shape index (κ1) is 12.8. The van der Waals surface area contributed by atoms with Crippen LogP contribution >= 0.6 is 11.6 Å². The number of benzene rings is 1. The first-order valence-corrected chi connectivity index (χ1v) is 6.10. The standard InChI is InChI=1S/C13H12ClNO3/c1-2-4-8(16)7-15-11-9(12(17)13(15)18)5-3-6-10(11)14/h3,5-6H,2,4,7H2,1H3. The normalized spacial score (nSPS) is 14.0. The zero-order valence-corrected chi connectivity index (χ0v) is 10.7. The van der Waals surface area contributed by atoms with Crippen LogP contribution in [0.15, 0.2) is 18.2 Å². The Morgan fingerprint density at radius 2 is 2.06 bits per heavy atom. The third kappa shape index (κ3) is 2.04. The van der Waals surface area contributed by atoms with Crippen LogP contribution in [0.1, 0.15) is 30.1 Å². The van der Waals surface area contributed by atoms with Crippen LogP contribution in [0.5, 0.6) is 0 Å². The van der Waals surface area contributed by atoms with Crippen molar-refractivity contribution >= 4 is 34.8 Å². The molecule has 1 heterocycles. The van der Waals surface area contributed by atoms with Gasteiger partial charge in [0, 0.05) is 6.42 Å². The summed E-state index contributed by atoms with van der Waals surface area (Å²) >= 11 is 6.00. The number of hydrogen-bond donors (Lipinski definition) is 0. The molecular formula is C13H12ClNO3. The van der Waals surface area contributed by atoms with E-state index in [0.717, 1.165) is 0 Å². The van der Waals surface area contributed by atoms with E-state index in [9.17, 15) is 14.4 Å². The maximum atomic E-state index is 11.8. The number of ketones is 2. The monoisotopic (exact) mass is 265 g/mol. The lowest BCUT2D eigenvalue weighted by Crippen LogP contribution is -2.34. The summed E-state index contributed by atoms with van der Waals surface area (Å²) in [5.74, 6) is -1.36. The van der Waals surface area contributed by atoms with Gasteiger partial charge in [-0.1, -0.05) is 24.6 Å². The summed E-state index contributed by atoms with van der Waals surface area (Å²) in [6.45, 7) is 1.80. The maximum absolute atomic E-state index is 11.8. The number of carbonyl (C=O) groups excluding carboxylic acids is 3. The molecule has 1 aromatic rings. The van der Waals surface area contributed by atoms with Gasteiger partial charge in [0.25, 0.3) is 11.7 Å². The van der Waals surface area contributed by atoms with E-state index in [-0.39, 0.29) is 17.9 Å². The molecule has 0 bridgehead atoms. The lowest BCUT2D eigenvalue weighted by atomic mass is 10.1. The zero-order valence-electron chi connectivity index (χ0n) is 9.90. The molecule has 0 saturated heterocycles. The van der Waals surface area contributed by atoms with Crippen molar-refractivity contribution in [3.8, 4) is 0 Å². The van der Waals surface area contributed by atoms with E-state index in [1.54, 1.807) is 18.2 Å². The molecule has 0 unspecified atom stereocenters. The Labute approximate surface area is 110 Å². The lowest BCUT2D eigenvalue weighted by Gasteiger charge is -2.16. The van der Waals surface area contributed by atoms with Crippen molar-refractivity contribution in [2.45, 2.75) is 19.8 Å². The van der Waals surface area contributed by atoms with Gasteiger partial charge >= 0.3 is 0 Å². The second-order valence-corrected chi connectivity index (χ2v) is 4.55. The highest BCUT2D eigenvalue weighted by Gasteiger charge is 2.37. The van der Waals surface area contributed by atoms with Gasteiger partial charge in [-0.15, -0.1) is 0 Å². The van der Waals surface area contributed by atoms with Gasteiger partial charge < -0.3 is 0 Å². The summed E-state index contributed by atoms with van der Waals surface area (Å²) in [6.07, 6.45) is 1.10. The minimum atomic E-state index is -0.678. The molecule has 1 aromatic carbocycles. The van der Waals surface area contributed by atoms with Gasteiger partial charge in [-0.05, 0) is 18.6 Å². The molecule has 94 valence electrons. The molecule has 0 saturated carbocycles. The number of fused-ring (bicyclic) bond motifs is 1. The SMILES string of the molecule is CCCC(=O)CN1C(=O)C(=O)c2cccc(Cl)c21. The first-order valence-electron chi connectivity index (χ1n) is 5.72. The maximum Gasteiger partial charge on any atom is 0.299 e. The van der Waals surface area contributed by atoms with Crippen LogP contribution in [0.2, 0.25) is 5.02 Å². The fraction of sp³-hybridized carbons (Fsp3) is 0.308. The van der Waals surface area contributed by atoms with E-state index >= 15 is 0 Å². The predicted octanol–water partition coefficient (Wildman–Crippen LogP) is 2.24. The number of Topliss-reactive ketones (excluding diaryl/α,β-unsaturated/α-hetero) is 2. The van der Waals surface area contributed by atoms with Gasteiger partial charge in [0.2, 0.25) is 0 Å². The van der Waals surface area contributed by atoms with Crippen LogP contribution in [0.3, 0.4) is 0 Å². The number of halogens is 1. The molecule has 0 radical (unpaired) electrons. The molecule has 0 atom stereocenters. The largest absolute Gasteiger partial charge is 0.299 e. The van der Waals surface area contributed by atoms with E-state index in [1.807, 2.05) is 6.92 Å². The number of carbonyl (C=O) groups is 3. The van der Waals surface area contributed by atoms with Gasteiger partial charge in [-0.25, -0.2) is 0 Å². The Bertz CT molecular complexity index is 539. The molecule has 0 fully saturated rings. The number of amides is 1. The molecule has 0 aromatic heterocycles. The summed E-state index contributed by atoms with van der Waals surface area (Å²) in [7, 11) is 0. The smallest absolute Gasteiger partial charge is 0.298 e. The van der Waals surface area contributed by atoms with Gasteiger partial charge in [0.05, 0.1) is 22.8 Å². The highest BCUT2D eigenvalue weighted by molar-refractivity contribution is 6.54. The van der Waals surface area contributed by atoms with Crippen LogP contribution in [-0.2, 0) is 9.59 Å². The molecule has 0 N–H and O–H groups in total. The topological polar surface area (TPSA) is 54.5 Å². The average Bonchev–Trinajstić information content (AvgIpc) is 2.56. The fourth-order valence-electron chi connectivity index (χ4n) is 2.00. The summed E-state index contributed by atoms with van der Waals surface area (Å²) in [6, 6.07) is 4.76. The molecule has 5 heteroatoms. The van der Waals surface area contributed by atoms with Crippen LogP contribution in [0.4, 0.5) is 5.69 Å².